The molecule has 1 amide bonds. The fourth-order valence-electron chi connectivity index (χ4n) is 2.69. The number of nitrogens with zero attached hydrogens (tertiary/aromatic N) is 1. The van der Waals surface area contributed by atoms with Crippen LogP contribution in [0.1, 0.15) is 46.0 Å². The number of likely N-dealkylation sites (tertiary alicyclic amines) is 1. The van der Waals surface area contributed by atoms with Crippen LogP contribution in [0.15, 0.2) is 0 Å². The molecule has 19 heavy (non-hydrogen) atoms. The van der Waals surface area contributed by atoms with Crippen molar-refractivity contribution < 1.29 is 4.79 Å². The van der Waals surface area contributed by atoms with Crippen LogP contribution in [-0.4, -0.2) is 50.1 Å². The molecule has 0 aromatic carbocycles. The fraction of sp³-hybridized carbons (Fsp3) is 0.933. The number of carbonyl (C=O) groups is 1. The van der Waals surface area contributed by atoms with E-state index < -0.39 is 0 Å². The highest BCUT2D eigenvalue weighted by molar-refractivity contribution is 5.78. The molecule has 0 aliphatic carbocycles. The molecule has 0 radical (unpaired) electrons. The predicted molar refractivity (Wildman–Crippen MR) is 80.2 cm³/mol. The van der Waals surface area contributed by atoms with Gasteiger partial charge in [-0.15, -0.1) is 0 Å². The maximum atomic E-state index is 11.6. The molecule has 1 heterocycles. The zero-order chi connectivity index (χ0) is 14.1. The third kappa shape index (κ3) is 7.53. The molecule has 0 saturated carbocycles. The van der Waals surface area contributed by atoms with Gasteiger partial charge in [-0.05, 0) is 65.2 Å². The predicted octanol–water partition coefficient (Wildman–Crippen LogP) is 1.61. The molecule has 0 spiro atoms. The van der Waals surface area contributed by atoms with E-state index in [1.54, 1.807) is 0 Å². The summed E-state index contributed by atoms with van der Waals surface area (Å²) in [5, 5.41) is 6.28. The molecule has 1 rings (SSSR count). The SMILES string of the molecule is CCCC(C)NC(=O)CNCCC1CCN(C)CC1. The number of hydrogen-bond donors (Lipinski definition) is 2. The van der Waals surface area contributed by atoms with E-state index >= 15 is 0 Å². The summed E-state index contributed by atoms with van der Waals surface area (Å²) in [6.45, 7) is 8.08. The van der Waals surface area contributed by atoms with E-state index in [4.69, 9.17) is 0 Å². The molecule has 1 saturated heterocycles. The van der Waals surface area contributed by atoms with Crippen molar-refractivity contribution >= 4 is 5.91 Å². The van der Waals surface area contributed by atoms with Crippen LogP contribution in [-0.2, 0) is 4.79 Å². The summed E-state index contributed by atoms with van der Waals surface area (Å²) in [4.78, 5) is 14.0. The van der Waals surface area contributed by atoms with E-state index in [1.165, 1.54) is 32.4 Å². The van der Waals surface area contributed by atoms with Gasteiger partial charge in [0, 0.05) is 6.04 Å². The maximum Gasteiger partial charge on any atom is 0.234 e. The van der Waals surface area contributed by atoms with Crippen LogP contribution in [0.3, 0.4) is 0 Å². The lowest BCUT2D eigenvalue weighted by Crippen LogP contribution is -2.39. The molecular formula is C15H31N3O. The molecule has 4 heteroatoms. The van der Waals surface area contributed by atoms with Gasteiger partial charge in [0.1, 0.15) is 0 Å². The Bertz CT molecular complexity index is 250. The van der Waals surface area contributed by atoms with Gasteiger partial charge < -0.3 is 15.5 Å². The van der Waals surface area contributed by atoms with Gasteiger partial charge in [0.15, 0.2) is 0 Å². The zero-order valence-corrected chi connectivity index (χ0v) is 12.9. The number of piperidine rings is 1. The smallest absolute Gasteiger partial charge is 0.234 e. The first-order valence-corrected chi connectivity index (χ1v) is 7.80. The van der Waals surface area contributed by atoms with Crippen LogP contribution in [0.25, 0.3) is 0 Å². The fourth-order valence-corrected chi connectivity index (χ4v) is 2.69. The van der Waals surface area contributed by atoms with Crippen LogP contribution in [0.5, 0.6) is 0 Å². The highest BCUT2D eigenvalue weighted by atomic mass is 16.1. The minimum Gasteiger partial charge on any atom is -0.353 e. The summed E-state index contributed by atoms with van der Waals surface area (Å²) in [6, 6.07) is 0.299. The van der Waals surface area contributed by atoms with E-state index in [9.17, 15) is 4.79 Å². The Morgan fingerprint density at radius 1 is 1.37 bits per heavy atom. The normalized spacial score (nSPS) is 19.3. The molecule has 112 valence electrons. The molecule has 1 atom stereocenters. The first kappa shape index (κ1) is 16.4. The monoisotopic (exact) mass is 269 g/mol. The van der Waals surface area contributed by atoms with Gasteiger partial charge >= 0.3 is 0 Å². The first-order chi connectivity index (χ1) is 9.11. The molecule has 2 N–H and O–H groups in total. The number of amides is 1. The molecule has 4 nitrogen and oxygen atoms in total. The van der Waals surface area contributed by atoms with Gasteiger partial charge in [0.25, 0.3) is 0 Å². The Morgan fingerprint density at radius 3 is 2.68 bits per heavy atom. The van der Waals surface area contributed by atoms with Crippen molar-refractivity contribution in [3.63, 3.8) is 0 Å². The third-order valence-corrected chi connectivity index (χ3v) is 3.98. The van der Waals surface area contributed by atoms with Crippen LogP contribution in [0, 0.1) is 5.92 Å². The van der Waals surface area contributed by atoms with E-state index in [0.29, 0.717) is 12.6 Å². The minimum atomic E-state index is 0.129. The Kier molecular flexibility index (Phi) is 8.07. The summed E-state index contributed by atoms with van der Waals surface area (Å²) < 4.78 is 0. The molecule has 0 bridgehead atoms. The van der Waals surface area contributed by atoms with Crippen molar-refractivity contribution in [1.29, 1.82) is 0 Å². The molecule has 1 aliphatic heterocycles. The average molecular weight is 269 g/mol. The van der Waals surface area contributed by atoms with Gasteiger partial charge in [-0.1, -0.05) is 13.3 Å². The second kappa shape index (κ2) is 9.32. The van der Waals surface area contributed by atoms with Gasteiger partial charge in [-0.25, -0.2) is 0 Å². The molecule has 0 aromatic heterocycles. The van der Waals surface area contributed by atoms with Gasteiger partial charge in [-0.2, -0.15) is 0 Å². The van der Waals surface area contributed by atoms with E-state index in [0.717, 1.165) is 25.3 Å². The second-order valence-electron chi connectivity index (χ2n) is 5.97. The molecule has 1 fully saturated rings. The molecular weight excluding hydrogens is 238 g/mol. The Labute approximate surface area is 118 Å². The van der Waals surface area contributed by atoms with Gasteiger partial charge in [0.2, 0.25) is 5.91 Å². The highest BCUT2D eigenvalue weighted by Crippen LogP contribution is 2.18. The Morgan fingerprint density at radius 2 is 2.05 bits per heavy atom. The Balaban J connectivity index is 1.99. The first-order valence-electron chi connectivity index (χ1n) is 7.80. The molecule has 1 aliphatic rings. The zero-order valence-electron chi connectivity index (χ0n) is 12.9. The summed E-state index contributed by atoms with van der Waals surface area (Å²) in [7, 11) is 2.19. The lowest BCUT2D eigenvalue weighted by atomic mass is 9.94. The summed E-state index contributed by atoms with van der Waals surface area (Å²) in [5.41, 5.74) is 0. The lowest BCUT2D eigenvalue weighted by molar-refractivity contribution is -0.120. The second-order valence-corrected chi connectivity index (χ2v) is 5.97. The third-order valence-electron chi connectivity index (χ3n) is 3.98. The van der Waals surface area contributed by atoms with Crippen LogP contribution in [0.2, 0.25) is 0 Å². The van der Waals surface area contributed by atoms with E-state index in [1.807, 2.05) is 0 Å². The van der Waals surface area contributed by atoms with Crippen molar-refractivity contribution in [2.45, 2.75) is 52.0 Å². The average Bonchev–Trinajstić information content (AvgIpc) is 2.37. The van der Waals surface area contributed by atoms with Crippen molar-refractivity contribution in [3.8, 4) is 0 Å². The number of carbonyl (C=O) groups excluding carboxylic acids is 1. The Hall–Kier alpha value is -0.610. The van der Waals surface area contributed by atoms with Crippen LogP contribution in [0.4, 0.5) is 0 Å². The largest absolute Gasteiger partial charge is 0.353 e. The van der Waals surface area contributed by atoms with E-state index in [-0.39, 0.29) is 5.91 Å². The van der Waals surface area contributed by atoms with Crippen LogP contribution < -0.4 is 10.6 Å². The van der Waals surface area contributed by atoms with Gasteiger partial charge in [-0.3, -0.25) is 4.79 Å². The topological polar surface area (TPSA) is 44.4 Å². The van der Waals surface area contributed by atoms with Crippen molar-refractivity contribution in [2.75, 3.05) is 33.2 Å². The standard InChI is InChI=1S/C15H31N3O/c1-4-5-13(2)17-15(19)12-16-9-6-14-7-10-18(3)11-8-14/h13-14,16H,4-12H2,1-3H3,(H,17,19). The van der Waals surface area contributed by atoms with Crippen molar-refractivity contribution in [1.82, 2.24) is 15.5 Å². The van der Waals surface area contributed by atoms with Gasteiger partial charge in [0.05, 0.1) is 6.54 Å². The summed E-state index contributed by atoms with van der Waals surface area (Å²) in [6.07, 6.45) is 5.98. The summed E-state index contributed by atoms with van der Waals surface area (Å²) in [5.74, 6) is 0.968. The van der Waals surface area contributed by atoms with Crippen molar-refractivity contribution in [3.05, 3.63) is 0 Å². The van der Waals surface area contributed by atoms with Crippen LogP contribution >= 0.6 is 0 Å². The molecule has 1 unspecified atom stereocenters. The maximum absolute atomic E-state index is 11.6. The minimum absolute atomic E-state index is 0.129. The lowest BCUT2D eigenvalue weighted by Gasteiger charge is -2.28. The highest BCUT2D eigenvalue weighted by Gasteiger charge is 2.16. The number of hydrogen-bond acceptors (Lipinski definition) is 3. The quantitative estimate of drug-likeness (QED) is 0.658. The van der Waals surface area contributed by atoms with E-state index in [2.05, 4.69) is 36.4 Å². The molecule has 0 aromatic rings. The van der Waals surface area contributed by atoms with Crippen molar-refractivity contribution in [2.24, 2.45) is 5.92 Å². The number of rotatable bonds is 8. The summed E-state index contributed by atoms with van der Waals surface area (Å²) >= 11 is 0. The number of nitrogens with one attached hydrogen (secondary N) is 2.